The van der Waals surface area contributed by atoms with E-state index >= 15 is 0 Å². The van der Waals surface area contributed by atoms with Crippen LogP contribution in [0.15, 0.2) is 59.9 Å². The first kappa shape index (κ1) is 27.7. The van der Waals surface area contributed by atoms with Gasteiger partial charge in [0.1, 0.15) is 5.69 Å². The Kier molecular flexibility index (Phi) is 9.43. The third-order valence-corrected chi connectivity index (χ3v) is 5.11. The lowest BCUT2D eigenvalue weighted by Crippen LogP contribution is -2.17. The maximum Gasteiger partial charge on any atom is 0.341 e. The molecule has 0 fully saturated rings. The first-order valence-corrected chi connectivity index (χ1v) is 11.6. The van der Waals surface area contributed by atoms with Gasteiger partial charge in [-0.3, -0.25) is 9.78 Å². The van der Waals surface area contributed by atoms with Crippen molar-refractivity contribution >= 4 is 29.1 Å². The van der Waals surface area contributed by atoms with Crippen molar-refractivity contribution in [2.24, 2.45) is 10.9 Å². The summed E-state index contributed by atoms with van der Waals surface area (Å²) in [5.41, 5.74) is 8.07. The third-order valence-electron chi connectivity index (χ3n) is 5.11. The number of aliphatic hydroxyl groups excluding tert-OH is 1. The molecule has 1 heterocycles. The van der Waals surface area contributed by atoms with Gasteiger partial charge in [-0.05, 0) is 55.8 Å². The van der Waals surface area contributed by atoms with Gasteiger partial charge in [0, 0.05) is 17.8 Å². The zero-order valence-electron chi connectivity index (χ0n) is 20.8. The predicted octanol–water partition coefficient (Wildman–Crippen LogP) is 2.78. The van der Waals surface area contributed by atoms with Crippen molar-refractivity contribution in [2.45, 2.75) is 33.1 Å². The van der Waals surface area contributed by atoms with Gasteiger partial charge in [0.2, 0.25) is 0 Å². The van der Waals surface area contributed by atoms with Crippen molar-refractivity contribution in [3.8, 4) is 11.5 Å². The molecule has 7 N–H and O–H groups in total. The van der Waals surface area contributed by atoms with Crippen LogP contribution in [0.4, 0.5) is 11.4 Å². The Morgan fingerprint density at radius 3 is 2.55 bits per heavy atom. The molecule has 0 aliphatic heterocycles. The summed E-state index contributed by atoms with van der Waals surface area (Å²) in [6.07, 6.45) is 1.15. The number of nitrogens with zero attached hydrogens (tertiary/aromatic N) is 2. The molecule has 12 heteroatoms. The summed E-state index contributed by atoms with van der Waals surface area (Å²) in [5.74, 6) is -1.19. The molecular weight excluding hydrogens is 494 g/mol. The summed E-state index contributed by atoms with van der Waals surface area (Å²) >= 11 is 0. The van der Waals surface area contributed by atoms with E-state index in [1.807, 2.05) is 13.8 Å². The lowest BCUT2D eigenvalue weighted by molar-refractivity contribution is -0.139. The molecule has 1 amide bonds. The molecule has 0 radical (unpaired) electrons. The highest BCUT2D eigenvalue weighted by atomic mass is 16.5. The number of carbonyl (C=O) groups is 2. The van der Waals surface area contributed by atoms with Crippen molar-refractivity contribution in [1.29, 1.82) is 0 Å². The van der Waals surface area contributed by atoms with Gasteiger partial charge in [0.15, 0.2) is 23.9 Å². The molecule has 0 aliphatic rings. The van der Waals surface area contributed by atoms with Crippen LogP contribution in [0, 0.1) is 0 Å². The Morgan fingerprint density at radius 2 is 1.92 bits per heavy atom. The van der Waals surface area contributed by atoms with Gasteiger partial charge in [-0.2, -0.15) is 0 Å². The summed E-state index contributed by atoms with van der Waals surface area (Å²) in [4.78, 5) is 28.2. The number of amidine groups is 1. The number of nitrogens with one attached hydrogen (secondary N) is 2. The molecule has 200 valence electrons. The molecular formula is C26H29N5O7. The molecule has 0 saturated heterocycles. The highest BCUT2D eigenvalue weighted by molar-refractivity contribution is 6.08. The summed E-state index contributed by atoms with van der Waals surface area (Å²) in [5, 5.41) is 36.4. The molecule has 1 aromatic heterocycles. The number of anilines is 2. The minimum atomic E-state index is -1.15. The summed E-state index contributed by atoms with van der Waals surface area (Å²) in [7, 11) is 0. The Morgan fingerprint density at radius 1 is 1.16 bits per heavy atom. The molecule has 0 saturated carbocycles. The second-order valence-corrected chi connectivity index (χ2v) is 8.36. The van der Waals surface area contributed by atoms with Crippen LogP contribution in [0.2, 0.25) is 0 Å². The van der Waals surface area contributed by atoms with E-state index in [9.17, 15) is 14.7 Å². The molecule has 0 spiro atoms. The Hall–Kier alpha value is -4.84. The van der Waals surface area contributed by atoms with Gasteiger partial charge in [-0.25, -0.2) is 4.79 Å². The average molecular weight is 524 g/mol. The Balaban J connectivity index is 1.85. The van der Waals surface area contributed by atoms with Crippen LogP contribution in [0.5, 0.6) is 11.5 Å². The van der Waals surface area contributed by atoms with Gasteiger partial charge in [0.05, 0.1) is 30.2 Å². The number of para-hydroxylation sites is 1. The van der Waals surface area contributed by atoms with Crippen LogP contribution in [-0.2, 0) is 17.9 Å². The molecule has 12 nitrogen and oxygen atoms in total. The van der Waals surface area contributed by atoms with Crippen molar-refractivity contribution in [3.05, 3.63) is 77.1 Å². The normalized spacial score (nSPS) is 11.2. The molecule has 3 aromatic rings. The second-order valence-electron chi connectivity index (χ2n) is 8.36. The van der Waals surface area contributed by atoms with Gasteiger partial charge in [0.25, 0.3) is 5.91 Å². The largest absolute Gasteiger partial charge is 0.487 e. The first-order valence-electron chi connectivity index (χ1n) is 11.6. The number of aromatic nitrogens is 1. The number of hydrogen-bond donors (Lipinski definition) is 6. The lowest BCUT2D eigenvalue weighted by atomic mass is 10.1. The molecule has 0 bridgehead atoms. The Labute approximate surface area is 218 Å². The van der Waals surface area contributed by atoms with Crippen molar-refractivity contribution < 1.29 is 34.5 Å². The van der Waals surface area contributed by atoms with Gasteiger partial charge in [-0.1, -0.05) is 17.3 Å². The number of hydrogen-bond acceptors (Lipinski definition) is 9. The van der Waals surface area contributed by atoms with E-state index in [0.717, 1.165) is 0 Å². The van der Waals surface area contributed by atoms with Crippen molar-refractivity contribution in [2.75, 3.05) is 17.2 Å². The van der Waals surface area contributed by atoms with E-state index in [4.69, 9.17) is 25.5 Å². The van der Waals surface area contributed by atoms with E-state index in [-0.39, 0.29) is 36.5 Å². The van der Waals surface area contributed by atoms with Crippen molar-refractivity contribution in [1.82, 2.24) is 4.98 Å². The lowest BCUT2D eigenvalue weighted by Gasteiger charge is -2.20. The second kappa shape index (κ2) is 12.9. The van der Waals surface area contributed by atoms with Crippen LogP contribution in [0.25, 0.3) is 0 Å². The van der Waals surface area contributed by atoms with E-state index in [0.29, 0.717) is 33.8 Å². The quantitative estimate of drug-likeness (QED) is 0.0891. The number of carbonyl (C=O) groups excluding carboxylic acids is 1. The standard InChI is InChI=1S/C26H29N5O7/c1-15(2)38-22-10-16(13-32)9-17(24(22)37-14-23(33)34)11-28-20-6-4-3-5-19(20)26(35)30-18-7-8-21(29-12-18)25(27)31-36/h3-10,12,15,28,32,36H,11,13-14H2,1-2H3,(H2,27,31)(H,30,35)(H,33,34). The number of rotatable bonds is 12. The van der Waals surface area contributed by atoms with Gasteiger partial charge < -0.3 is 41.3 Å². The van der Waals surface area contributed by atoms with Gasteiger partial charge in [-0.15, -0.1) is 0 Å². The topological polar surface area (TPSA) is 189 Å². The number of oxime groups is 1. The zero-order valence-corrected chi connectivity index (χ0v) is 20.8. The zero-order chi connectivity index (χ0) is 27.7. The van der Waals surface area contributed by atoms with Crippen LogP contribution >= 0.6 is 0 Å². The van der Waals surface area contributed by atoms with E-state index in [1.165, 1.54) is 12.3 Å². The summed E-state index contributed by atoms with van der Waals surface area (Å²) in [6, 6.07) is 13.2. The average Bonchev–Trinajstić information content (AvgIpc) is 2.90. The maximum atomic E-state index is 13.0. The van der Waals surface area contributed by atoms with Crippen LogP contribution in [0.1, 0.15) is 41.0 Å². The predicted molar refractivity (Wildman–Crippen MR) is 140 cm³/mol. The number of aliphatic carboxylic acids is 1. The molecule has 3 rings (SSSR count). The first-order chi connectivity index (χ1) is 18.2. The van der Waals surface area contributed by atoms with Crippen LogP contribution < -0.4 is 25.8 Å². The highest BCUT2D eigenvalue weighted by Crippen LogP contribution is 2.35. The number of benzene rings is 2. The van der Waals surface area contributed by atoms with E-state index < -0.39 is 18.5 Å². The van der Waals surface area contributed by atoms with E-state index in [1.54, 1.807) is 42.5 Å². The SMILES string of the molecule is CC(C)Oc1cc(CO)cc(CNc2ccccc2C(=O)Nc2ccc(/C(N)=N/O)nc2)c1OCC(=O)O. The Bertz CT molecular complexity index is 1310. The fraction of sp³-hybridized carbons (Fsp3) is 0.231. The number of pyridine rings is 1. The number of amides is 1. The molecule has 0 aliphatic carbocycles. The number of ether oxygens (including phenoxy) is 2. The van der Waals surface area contributed by atoms with Crippen LogP contribution in [0.3, 0.4) is 0 Å². The van der Waals surface area contributed by atoms with Crippen molar-refractivity contribution in [3.63, 3.8) is 0 Å². The highest BCUT2D eigenvalue weighted by Gasteiger charge is 2.18. The fourth-order valence-corrected chi connectivity index (χ4v) is 3.48. The van der Waals surface area contributed by atoms with Crippen LogP contribution in [-0.4, -0.2) is 50.8 Å². The summed E-state index contributed by atoms with van der Waals surface area (Å²) < 4.78 is 11.4. The molecule has 0 atom stereocenters. The molecule has 2 aromatic carbocycles. The van der Waals surface area contributed by atoms with Gasteiger partial charge >= 0.3 is 5.97 Å². The third kappa shape index (κ3) is 7.34. The fourth-order valence-electron chi connectivity index (χ4n) is 3.48. The number of nitrogens with two attached hydrogens (primary N) is 1. The summed E-state index contributed by atoms with van der Waals surface area (Å²) in [6.45, 7) is 2.93. The minimum Gasteiger partial charge on any atom is -0.487 e. The number of carboxylic acids is 1. The number of carboxylic acid groups (broad SMARTS) is 1. The van der Waals surface area contributed by atoms with E-state index in [2.05, 4.69) is 20.8 Å². The number of aliphatic hydroxyl groups is 1. The molecule has 0 unspecified atom stereocenters. The maximum absolute atomic E-state index is 13.0. The smallest absolute Gasteiger partial charge is 0.341 e. The minimum absolute atomic E-state index is 0.136. The molecule has 38 heavy (non-hydrogen) atoms. The monoisotopic (exact) mass is 523 g/mol.